The summed E-state index contributed by atoms with van der Waals surface area (Å²) in [5.41, 5.74) is 1.14. The average Bonchev–Trinajstić information content (AvgIpc) is 2.48. The van der Waals surface area contributed by atoms with Gasteiger partial charge in [-0.25, -0.2) is 0 Å². The van der Waals surface area contributed by atoms with Crippen LogP contribution in [0.5, 0.6) is 17.2 Å². The third kappa shape index (κ3) is 2.35. The summed E-state index contributed by atoms with van der Waals surface area (Å²) >= 11 is 6.41. The Balaban J connectivity index is 2.04. The van der Waals surface area contributed by atoms with E-state index in [9.17, 15) is 0 Å². The maximum atomic E-state index is 6.41. The smallest absolute Gasteiger partial charge is 0.183 e. The Morgan fingerprint density at radius 3 is 2.74 bits per heavy atom. The SMILES string of the molecule is COc1c(C2CCNCC2)cc2c(c1Cl)OCCO2. The summed E-state index contributed by atoms with van der Waals surface area (Å²) in [4.78, 5) is 0. The molecule has 0 amide bonds. The molecule has 0 saturated carbocycles. The van der Waals surface area contributed by atoms with Gasteiger partial charge in [0, 0.05) is 5.56 Å². The molecule has 0 spiro atoms. The zero-order chi connectivity index (χ0) is 13.2. The standard InChI is InChI=1S/C14H18ClNO3/c1-17-13-10(9-2-4-16-5-3-9)8-11-14(12(13)15)19-7-6-18-11/h8-9,16H,2-7H2,1H3. The lowest BCUT2D eigenvalue weighted by atomic mass is 9.89. The summed E-state index contributed by atoms with van der Waals surface area (Å²) in [6.45, 7) is 3.16. The highest BCUT2D eigenvalue weighted by Crippen LogP contribution is 2.48. The molecule has 2 aliphatic rings. The van der Waals surface area contributed by atoms with Crippen molar-refractivity contribution < 1.29 is 14.2 Å². The van der Waals surface area contributed by atoms with Gasteiger partial charge in [-0.3, -0.25) is 0 Å². The molecule has 0 atom stereocenters. The van der Waals surface area contributed by atoms with Crippen LogP contribution in [-0.4, -0.2) is 33.4 Å². The monoisotopic (exact) mass is 283 g/mol. The molecule has 0 aromatic heterocycles. The lowest BCUT2D eigenvalue weighted by molar-refractivity contribution is 0.170. The van der Waals surface area contributed by atoms with Crippen molar-refractivity contribution in [2.75, 3.05) is 33.4 Å². The van der Waals surface area contributed by atoms with E-state index in [0.717, 1.165) is 43.0 Å². The Hall–Kier alpha value is -1.13. The first kappa shape index (κ1) is 12.9. The molecule has 1 aromatic carbocycles. The van der Waals surface area contributed by atoms with Gasteiger partial charge in [0.05, 0.1) is 7.11 Å². The van der Waals surface area contributed by atoms with Gasteiger partial charge in [0.25, 0.3) is 0 Å². The predicted octanol–water partition coefficient (Wildman–Crippen LogP) is 2.59. The van der Waals surface area contributed by atoms with Crippen LogP contribution in [0.15, 0.2) is 6.07 Å². The number of methoxy groups -OCH3 is 1. The van der Waals surface area contributed by atoms with Crippen molar-refractivity contribution in [3.63, 3.8) is 0 Å². The Bertz CT molecular complexity index is 472. The molecule has 5 heteroatoms. The van der Waals surface area contributed by atoms with Crippen molar-refractivity contribution in [2.24, 2.45) is 0 Å². The van der Waals surface area contributed by atoms with Crippen molar-refractivity contribution in [1.82, 2.24) is 5.32 Å². The summed E-state index contributed by atoms with van der Waals surface area (Å²) in [5, 5.41) is 3.90. The number of benzene rings is 1. The van der Waals surface area contributed by atoms with Gasteiger partial charge in [0.1, 0.15) is 24.0 Å². The fourth-order valence-electron chi connectivity index (χ4n) is 2.79. The van der Waals surface area contributed by atoms with Crippen molar-refractivity contribution in [3.8, 4) is 17.2 Å². The summed E-state index contributed by atoms with van der Waals surface area (Å²) in [7, 11) is 1.65. The first-order chi connectivity index (χ1) is 9.31. The van der Waals surface area contributed by atoms with E-state index in [4.69, 9.17) is 25.8 Å². The highest BCUT2D eigenvalue weighted by atomic mass is 35.5. The fourth-order valence-corrected chi connectivity index (χ4v) is 3.12. The third-order valence-electron chi connectivity index (χ3n) is 3.74. The van der Waals surface area contributed by atoms with E-state index >= 15 is 0 Å². The highest BCUT2D eigenvalue weighted by Gasteiger charge is 2.27. The Morgan fingerprint density at radius 2 is 2.00 bits per heavy atom. The maximum Gasteiger partial charge on any atom is 0.183 e. The van der Waals surface area contributed by atoms with Crippen LogP contribution in [0.4, 0.5) is 0 Å². The molecule has 2 heterocycles. The summed E-state index contributed by atoms with van der Waals surface area (Å²) in [6.07, 6.45) is 2.18. The van der Waals surface area contributed by atoms with E-state index in [1.165, 1.54) is 0 Å². The van der Waals surface area contributed by atoms with Crippen molar-refractivity contribution in [1.29, 1.82) is 0 Å². The molecule has 2 aliphatic heterocycles. The van der Waals surface area contributed by atoms with E-state index in [1.807, 2.05) is 6.07 Å². The predicted molar refractivity (Wildman–Crippen MR) is 73.8 cm³/mol. The second kappa shape index (κ2) is 5.47. The van der Waals surface area contributed by atoms with Crippen molar-refractivity contribution in [3.05, 3.63) is 16.7 Å². The molecule has 19 heavy (non-hydrogen) atoms. The highest BCUT2D eigenvalue weighted by molar-refractivity contribution is 6.34. The first-order valence-electron chi connectivity index (χ1n) is 6.68. The molecule has 0 bridgehead atoms. The van der Waals surface area contributed by atoms with Gasteiger partial charge in [-0.05, 0) is 37.9 Å². The van der Waals surface area contributed by atoms with Crippen molar-refractivity contribution >= 4 is 11.6 Å². The average molecular weight is 284 g/mol. The zero-order valence-corrected chi connectivity index (χ0v) is 11.8. The normalized spacial score (nSPS) is 19.3. The van der Waals surface area contributed by atoms with Crippen LogP contribution in [0, 0.1) is 0 Å². The number of hydrogen-bond acceptors (Lipinski definition) is 4. The minimum Gasteiger partial charge on any atom is -0.495 e. The molecule has 4 nitrogen and oxygen atoms in total. The number of ether oxygens (including phenoxy) is 3. The lowest BCUT2D eigenvalue weighted by Gasteiger charge is -2.28. The van der Waals surface area contributed by atoms with Gasteiger partial charge >= 0.3 is 0 Å². The minimum atomic E-state index is 0.463. The zero-order valence-electron chi connectivity index (χ0n) is 11.0. The maximum absolute atomic E-state index is 6.41. The second-order valence-corrected chi connectivity index (χ2v) is 5.24. The van der Waals surface area contributed by atoms with Gasteiger partial charge < -0.3 is 19.5 Å². The van der Waals surface area contributed by atoms with Gasteiger partial charge in [0.2, 0.25) is 0 Å². The molecular weight excluding hydrogens is 266 g/mol. The molecule has 0 radical (unpaired) electrons. The molecule has 1 saturated heterocycles. The number of piperidine rings is 1. The molecule has 0 aliphatic carbocycles. The molecule has 1 N–H and O–H groups in total. The van der Waals surface area contributed by atoms with Crippen LogP contribution in [0.2, 0.25) is 5.02 Å². The van der Waals surface area contributed by atoms with Crippen LogP contribution in [0.3, 0.4) is 0 Å². The van der Waals surface area contributed by atoms with E-state index in [2.05, 4.69) is 5.32 Å². The fraction of sp³-hybridized carbons (Fsp3) is 0.571. The Morgan fingerprint density at radius 1 is 1.26 bits per heavy atom. The molecule has 104 valence electrons. The molecule has 3 rings (SSSR count). The summed E-state index contributed by atoms with van der Waals surface area (Å²) in [6, 6.07) is 2.04. The quantitative estimate of drug-likeness (QED) is 0.906. The van der Waals surface area contributed by atoms with Crippen LogP contribution < -0.4 is 19.5 Å². The lowest BCUT2D eigenvalue weighted by Crippen LogP contribution is -2.27. The van der Waals surface area contributed by atoms with Crippen molar-refractivity contribution in [2.45, 2.75) is 18.8 Å². The Labute approximate surface area is 118 Å². The van der Waals surface area contributed by atoms with Gasteiger partial charge in [-0.2, -0.15) is 0 Å². The number of hydrogen-bond donors (Lipinski definition) is 1. The second-order valence-electron chi connectivity index (χ2n) is 4.86. The van der Waals surface area contributed by atoms with Gasteiger partial charge in [-0.15, -0.1) is 0 Å². The van der Waals surface area contributed by atoms with Crippen LogP contribution in [0.1, 0.15) is 24.3 Å². The minimum absolute atomic E-state index is 0.463. The van der Waals surface area contributed by atoms with E-state index < -0.39 is 0 Å². The molecular formula is C14H18ClNO3. The number of fused-ring (bicyclic) bond motifs is 1. The molecule has 1 aromatic rings. The molecule has 0 unspecified atom stereocenters. The third-order valence-corrected chi connectivity index (χ3v) is 4.08. The Kier molecular flexibility index (Phi) is 3.71. The van der Waals surface area contributed by atoms with Crippen LogP contribution in [-0.2, 0) is 0 Å². The first-order valence-corrected chi connectivity index (χ1v) is 7.05. The summed E-state index contributed by atoms with van der Waals surface area (Å²) in [5.74, 6) is 2.55. The van der Waals surface area contributed by atoms with Crippen LogP contribution >= 0.6 is 11.6 Å². The van der Waals surface area contributed by atoms with Gasteiger partial charge in [0.15, 0.2) is 11.5 Å². The van der Waals surface area contributed by atoms with Crippen LogP contribution in [0.25, 0.3) is 0 Å². The topological polar surface area (TPSA) is 39.7 Å². The summed E-state index contributed by atoms with van der Waals surface area (Å²) < 4.78 is 16.8. The van der Waals surface area contributed by atoms with E-state index in [0.29, 0.717) is 29.9 Å². The number of rotatable bonds is 2. The number of nitrogens with one attached hydrogen (secondary N) is 1. The number of halogens is 1. The van der Waals surface area contributed by atoms with E-state index in [-0.39, 0.29) is 0 Å². The van der Waals surface area contributed by atoms with Gasteiger partial charge in [-0.1, -0.05) is 11.6 Å². The van der Waals surface area contributed by atoms with E-state index in [1.54, 1.807) is 7.11 Å². The molecule has 1 fully saturated rings. The largest absolute Gasteiger partial charge is 0.495 e.